The van der Waals surface area contributed by atoms with Crippen LogP contribution in [0.3, 0.4) is 0 Å². The van der Waals surface area contributed by atoms with Crippen LogP contribution >= 0.6 is 11.8 Å². The van der Waals surface area contributed by atoms with Crippen LogP contribution in [0.25, 0.3) is 21.5 Å². The Morgan fingerprint density at radius 3 is 1.47 bits per heavy atom. The first kappa shape index (κ1) is 21.2. The molecule has 0 saturated heterocycles. The zero-order chi connectivity index (χ0) is 23.4. The molecular weight excluding hydrogens is 444 g/mol. The second-order valence-corrected chi connectivity index (χ2v) is 10.1. The summed E-state index contributed by atoms with van der Waals surface area (Å²) in [5.41, 5.74) is 4.32. The Bertz CT molecular complexity index is 1370. The Morgan fingerprint density at radius 1 is 0.706 bits per heavy atom. The van der Waals surface area contributed by atoms with Gasteiger partial charge in [0.2, 0.25) is 4.75 Å². The molecule has 3 aliphatic rings. The molecular formula is C29H24O4S. The lowest BCUT2D eigenvalue weighted by atomic mass is 9.69. The molecule has 2 aliphatic heterocycles. The highest BCUT2D eigenvalue weighted by Gasteiger charge is 2.64. The fraction of sp³-hybridized carbons (Fsp3) is 0.241. The average molecular weight is 469 g/mol. The SMILES string of the molecule is CCOC(=O)C1(C(=O)OCC)SC2c3cc4ccccc4cc3C1c1cc3ccccc3cc12. The van der Waals surface area contributed by atoms with Gasteiger partial charge < -0.3 is 9.47 Å². The van der Waals surface area contributed by atoms with Crippen LogP contribution in [0.5, 0.6) is 0 Å². The fourth-order valence-corrected chi connectivity index (χ4v) is 7.29. The van der Waals surface area contributed by atoms with Crippen LogP contribution in [-0.4, -0.2) is 29.9 Å². The first-order chi connectivity index (χ1) is 16.6. The van der Waals surface area contributed by atoms with Crippen molar-refractivity contribution in [3.8, 4) is 0 Å². The van der Waals surface area contributed by atoms with Gasteiger partial charge in [0.25, 0.3) is 0 Å². The van der Waals surface area contributed by atoms with Crippen molar-refractivity contribution in [1.82, 2.24) is 0 Å². The highest BCUT2D eigenvalue weighted by molar-refractivity contribution is 8.02. The molecule has 0 atom stereocenters. The van der Waals surface area contributed by atoms with Crippen molar-refractivity contribution in [2.24, 2.45) is 0 Å². The van der Waals surface area contributed by atoms with E-state index in [-0.39, 0.29) is 18.5 Å². The summed E-state index contributed by atoms with van der Waals surface area (Å²) in [7, 11) is 0. The molecule has 34 heavy (non-hydrogen) atoms. The third-order valence-corrected chi connectivity index (χ3v) is 8.64. The maximum Gasteiger partial charge on any atom is 0.334 e. The molecule has 4 aromatic carbocycles. The van der Waals surface area contributed by atoms with Gasteiger partial charge in [0, 0.05) is 5.92 Å². The van der Waals surface area contributed by atoms with Gasteiger partial charge in [0.05, 0.1) is 18.5 Å². The van der Waals surface area contributed by atoms with E-state index in [1.807, 2.05) is 24.3 Å². The highest BCUT2D eigenvalue weighted by atomic mass is 32.2. The van der Waals surface area contributed by atoms with Gasteiger partial charge in [-0.25, -0.2) is 9.59 Å². The van der Waals surface area contributed by atoms with Crippen molar-refractivity contribution in [2.45, 2.75) is 29.8 Å². The number of carbonyl (C=O) groups is 2. The highest BCUT2D eigenvalue weighted by Crippen LogP contribution is 2.65. The lowest BCUT2D eigenvalue weighted by molar-refractivity contribution is -0.159. The molecule has 5 heteroatoms. The van der Waals surface area contributed by atoms with Crippen molar-refractivity contribution in [2.75, 3.05) is 13.2 Å². The van der Waals surface area contributed by atoms with Crippen LogP contribution in [0.1, 0.15) is 47.3 Å². The molecule has 0 N–H and O–H groups in total. The van der Waals surface area contributed by atoms with E-state index < -0.39 is 22.6 Å². The summed E-state index contributed by atoms with van der Waals surface area (Å²) < 4.78 is 9.61. The van der Waals surface area contributed by atoms with E-state index in [0.717, 1.165) is 43.8 Å². The molecule has 2 heterocycles. The summed E-state index contributed by atoms with van der Waals surface area (Å²) in [5.74, 6) is -1.54. The van der Waals surface area contributed by atoms with Gasteiger partial charge in [-0.1, -0.05) is 60.7 Å². The van der Waals surface area contributed by atoms with Crippen molar-refractivity contribution in [3.63, 3.8) is 0 Å². The quantitative estimate of drug-likeness (QED) is 0.266. The van der Waals surface area contributed by atoms with E-state index >= 15 is 0 Å². The molecule has 0 fully saturated rings. The molecule has 4 nitrogen and oxygen atoms in total. The predicted octanol–water partition coefficient (Wildman–Crippen LogP) is 6.14. The Kier molecular flexibility index (Phi) is 4.92. The fourth-order valence-electron chi connectivity index (χ4n) is 5.55. The van der Waals surface area contributed by atoms with Crippen molar-refractivity contribution >= 4 is 45.2 Å². The Labute approximate surface area is 202 Å². The monoisotopic (exact) mass is 468 g/mol. The largest absolute Gasteiger partial charge is 0.464 e. The number of ether oxygens (including phenoxy) is 2. The standard InChI is InChI=1S/C29H24O4S/c1-3-32-27(30)29(28(31)33-4-2)25-21-13-17-9-5-7-11-19(17)15-23(21)26(34-29)24-16-20-12-8-6-10-18(20)14-22(24)25/h5-16,25-26H,3-4H2,1-2H3. The molecule has 170 valence electrons. The molecule has 7 rings (SSSR count). The zero-order valence-electron chi connectivity index (χ0n) is 19.0. The first-order valence-corrected chi connectivity index (χ1v) is 12.5. The van der Waals surface area contributed by atoms with E-state index in [1.54, 1.807) is 13.8 Å². The number of rotatable bonds is 4. The van der Waals surface area contributed by atoms with E-state index in [9.17, 15) is 9.59 Å². The minimum Gasteiger partial charge on any atom is -0.464 e. The number of fused-ring (bicyclic) bond motifs is 3. The third-order valence-electron chi connectivity index (χ3n) is 6.96. The van der Waals surface area contributed by atoms with Gasteiger partial charge in [0.15, 0.2) is 0 Å². The second-order valence-electron chi connectivity index (χ2n) is 8.76. The average Bonchev–Trinajstić information content (AvgIpc) is 2.86. The van der Waals surface area contributed by atoms with Gasteiger partial charge in [-0.05, 0) is 69.8 Å². The van der Waals surface area contributed by atoms with Crippen LogP contribution in [0.2, 0.25) is 0 Å². The zero-order valence-corrected chi connectivity index (χ0v) is 19.9. The normalized spacial score (nSPS) is 19.5. The number of thioether (sulfide) groups is 1. The van der Waals surface area contributed by atoms with Gasteiger partial charge in [-0.2, -0.15) is 0 Å². The van der Waals surface area contributed by atoms with Gasteiger partial charge in [-0.15, -0.1) is 11.8 Å². The topological polar surface area (TPSA) is 52.6 Å². The molecule has 0 radical (unpaired) electrons. The first-order valence-electron chi connectivity index (χ1n) is 11.7. The Balaban J connectivity index is 1.69. The molecule has 0 unspecified atom stereocenters. The molecule has 0 aromatic heterocycles. The molecule has 0 spiro atoms. The predicted molar refractivity (Wildman–Crippen MR) is 135 cm³/mol. The maximum atomic E-state index is 13.6. The Hall–Kier alpha value is -3.31. The molecule has 0 amide bonds. The summed E-state index contributed by atoms with van der Waals surface area (Å²) in [5, 5.41) is 4.28. The van der Waals surface area contributed by atoms with Crippen LogP contribution < -0.4 is 0 Å². The van der Waals surface area contributed by atoms with E-state index in [2.05, 4.69) is 48.5 Å². The van der Waals surface area contributed by atoms with Crippen LogP contribution in [-0.2, 0) is 19.1 Å². The van der Waals surface area contributed by atoms with Crippen molar-refractivity contribution in [3.05, 3.63) is 95.1 Å². The number of hydrogen-bond donors (Lipinski definition) is 0. The van der Waals surface area contributed by atoms with Gasteiger partial charge in [-0.3, -0.25) is 0 Å². The van der Waals surface area contributed by atoms with Gasteiger partial charge >= 0.3 is 11.9 Å². The summed E-state index contributed by atoms with van der Waals surface area (Å²) >= 11 is 1.38. The van der Waals surface area contributed by atoms with Crippen LogP contribution in [0.4, 0.5) is 0 Å². The summed E-state index contributed by atoms with van der Waals surface area (Å²) in [6.07, 6.45) is 0. The minimum absolute atomic E-state index is 0.182. The summed E-state index contributed by atoms with van der Waals surface area (Å²) in [4.78, 5) is 27.3. The summed E-state index contributed by atoms with van der Waals surface area (Å²) in [6, 6.07) is 25.2. The van der Waals surface area contributed by atoms with Crippen LogP contribution in [0, 0.1) is 0 Å². The molecule has 4 aromatic rings. The Morgan fingerprint density at radius 2 is 1.09 bits per heavy atom. The van der Waals surface area contributed by atoms with E-state index in [0.29, 0.717) is 0 Å². The van der Waals surface area contributed by atoms with Crippen molar-refractivity contribution in [1.29, 1.82) is 0 Å². The van der Waals surface area contributed by atoms with Gasteiger partial charge in [0.1, 0.15) is 0 Å². The third kappa shape index (κ3) is 2.86. The number of carbonyl (C=O) groups excluding carboxylic acids is 2. The lowest BCUT2D eigenvalue weighted by Crippen LogP contribution is -2.55. The smallest absolute Gasteiger partial charge is 0.334 e. The number of hydrogen-bond acceptors (Lipinski definition) is 5. The number of benzene rings is 4. The molecule has 2 bridgehead atoms. The van der Waals surface area contributed by atoms with Crippen molar-refractivity contribution < 1.29 is 19.1 Å². The van der Waals surface area contributed by atoms with Crippen LogP contribution in [0.15, 0.2) is 72.8 Å². The minimum atomic E-state index is -1.48. The maximum absolute atomic E-state index is 13.6. The summed E-state index contributed by atoms with van der Waals surface area (Å²) in [6.45, 7) is 3.94. The molecule has 1 aliphatic carbocycles. The van der Waals surface area contributed by atoms with E-state index in [1.165, 1.54) is 11.8 Å². The number of esters is 2. The van der Waals surface area contributed by atoms with E-state index in [4.69, 9.17) is 9.47 Å². The lowest BCUT2D eigenvalue weighted by Gasteiger charge is -2.49. The molecule has 0 saturated carbocycles. The second kappa shape index (κ2) is 7.88.